The Hall–Kier alpha value is -1.40. The molecule has 1 amide bonds. The van der Waals surface area contributed by atoms with Crippen molar-refractivity contribution in [1.29, 1.82) is 0 Å². The zero-order valence-electron chi connectivity index (χ0n) is 10.2. The minimum absolute atomic E-state index is 0.107. The lowest BCUT2D eigenvalue weighted by atomic mass is 10.4. The van der Waals surface area contributed by atoms with Crippen molar-refractivity contribution in [3.63, 3.8) is 0 Å². The first-order chi connectivity index (χ1) is 8.42. The molecule has 0 radical (unpaired) electrons. The second-order valence-electron chi connectivity index (χ2n) is 4.04. The molecule has 0 spiro atoms. The van der Waals surface area contributed by atoms with Crippen LogP contribution in [0.2, 0.25) is 0 Å². The molecule has 6 heteroatoms. The molecule has 1 aromatic rings. The van der Waals surface area contributed by atoms with Crippen molar-refractivity contribution in [3.05, 3.63) is 30.3 Å². The van der Waals surface area contributed by atoms with Crippen LogP contribution >= 0.6 is 0 Å². The second kappa shape index (κ2) is 6.51. The summed E-state index contributed by atoms with van der Waals surface area (Å²) in [7, 11) is -3.42. The van der Waals surface area contributed by atoms with Gasteiger partial charge in [0.15, 0.2) is 9.84 Å². The van der Waals surface area contributed by atoms with Crippen LogP contribution in [-0.2, 0) is 14.6 Å². The SMILES string of the molecule is CC(O)CNC(=O)CCS(=O)(=O)c1ccccc1. The summed E-state index contributed by atoms with van der Waals surface area (Å²) >= 11 is 0. The fourth-order valence-electron chi connectivity index (χ4n) is 1.32. The van der Waals surface area contributed by atoms with Crippen molar-refractivity contribution in [2.24, 2.45) is 0 Å². The van der Waals surface area contributed by atoms with Crippen molar-refractivity contribution in [2.45, 2.75) is 24.3 Å². The lowest BCUT2D eigenvalue weighted by molar-refractivity contribution is -0.121. The average molecular weight is 271 g/mol. The molecule has 2 N–H and O–H groups in total. The van der Waals surface area contributed by atoms with E-state index in [9.17, 15) is 13.2 Å². The van der Waals surface area contributed by atoms with E-state index in [0.717, 1.165) is 0 Å². The first-order valence-electron chi connectivity index (χ1n) is 5.64. The van der Waals surface area contributed by atoms with Gasteiger partial charge in [0.2, 0.25) is 5.91 Å². The van der Waals surface area contributed by atoms with Crippen LogP contribution in [0.25, 0.3) is 0 Å². The van der Waals surface area contributed by atoms with E-state index in [0.29, 0.717) is 0 Å². The molecule has 0 heterocycles. The maximum Gasteiger partial charge on any atom is 0.221 e. The number of hydrogen-bond donors (Lipinski definition) is 2. The molecule has 0 fully saturated rings. The molecule has 0 aliphatic rings. The van der Waals surface area contributed by atoms with Crippen LogP contribution in [0.1, 0.15) is 13.3 Å². The average Bonchev–Trinajstić information content (AvgIpc) is 2.35. The van der Waals surface area contributed by atoms with Gasteiger partial charge in [0.1, 0.15) is 0 Å². The maximum absolute atomic E-state index is 11.8. The summed E-state index contributed by atoms with van der Waals surface area (Å²) in [6, 6.07) is 8.02. The molecular weight excluding hydrogens is 254 g/mol. The molecule has 5 nitrogen and oxygen atoms in total. The summed E-state index contributed by atoms with van der Waals surface area (Å²) < 4.78 is 23.7. The first kappa shape index (κ1) is 14.7. The van der Waals surface area contributed by atoms with Crippen LogP contribution < -0.4 is 5.32 Å². The maximum atomic E-state index is 11.8. The fraction of sp³-hybridized carbons (Fsp3) is 0.417. The number of hydrogen-bond acceptors (Lipinski definition) is 4. The molecule has 0 aromatic heterocycles. The number of aliphatic hydroxyl groups excluding tert-OH is 1. The van der Waals surface area contributed by atoms with E-state index >= 15 is 0 Å². The topological polar surface area (TPSA) is 83.5 Å². The second-order valence-corrected chi connectivity index (χ2v) is 6.14. The van der Waals surface area contributed by atoms with Crippen molar-refractivity contribution < 1.29 is 18.3 Å². The molecule has 1 aromatic carbocycles. The summed E-state index contributed by atoms with van der Waals surface area (Å²) in [5.41, 5.74) is 0. The molecule has 0 aliphatic carbocycles. The highest BCUT2D eigenvalue weighted by atomic mass is 32.2. The van der Waals surface area contributed by atoms with Crippen molar-refractivity contribution in [3.8, 4) is 0 Å². The lowest BCUT2D eigenvalue weighted by Crippen LogP contribution is -2.31. The minimum Gasteiger partial charge on any atom is -0.392 e. The van der Waals surface area contributed by atoms with Crippen LogP contribution in [0.4, 0.5) is 0 Å². The number of aliphatic hydroxyl groups is 1. The van der Waals surface area contributed by atoms with Crippen LogP contribution in [0.3, 0.4) is 0 Å². The smallest absolute Gasteiger partial charge is 0.221 e. The van der Waals surface area contributed by atoms with Crippen LogP contribution in [0.15, 0.2) is 35.2 Å². The van der Waals surface area contributed by atoms with Crippen LogP contribution in [0.5, 0.6) is 0 Å². The monoisotopic (exact) mass is 271 g/mol. The van der Waals surface area contributed by atoms with E-state index in [1.807, 2.05) is 0 Å². The van der Waals surface area contributed by atoms with Gasteiger partial charge < -0.3 is 10.4 Å². The minimum atomic E-state index is -3.42. The highest BCUT2D eigenvalue weighted by Crippen LogP contribution is 2.10. The number of sulfone groups is 1. The molecule has 0 saturated heterocycles. The Bertz CT molecular complexity index is 482. The summed E-state index contributed by atoms with van der Waals surface area (Å²) in [6.07, 6.45) is -0.746. The van der Waals surface area contributed by atoms with Crippen molar-refractivity contribution in [2.75, 3.05) is 12.3 Å². The van der Waals surface area contributed by atoms with Crippen molar-refractivity contribution in [1.82, 2.24) is 5.32 Å². The molecule has 1 unspecified atom stereocenters. The van der Waals surface area contributed by atoms with E-state index < -0.39 is 15.9 Å². The van der Waals surface area contributed by atoms with E-state index in [1.54, 1.807) is 25.1 Å². The quantitative estimate of drug-likeness (QED) is 0.782. The predicted octanol–water partition coefficient (Wildman–Crippen LogP) is 0.347. The van der Waals surface area contributed by atoms with Gasteiger partial charge in [0.05, 0.1) is 16.8 Å². The number of nitrogens with one attached hydrogen (secondary N) is 1. The van der Waals surface area contributed by atoms with Gasteiger partial charge in [-0.3, -0.25) is 4.79 Å². The number of carbonyl (C=O) groups is 1. The molecular formula is C12H17NO4S. The molecule has 18 heavy (non-hydrogen) atoms. The Morgan fingerprint density at radius 1 is 1.33 bits per heavy atom. The molecule has 0 saturated carbocycles. The van der Waals surface area contributed by atoms with Gasteiger partial charge >= 0.3 is 0 Å². The van der Waals surface area contributed by atoms with Crippen LogP contribution in [0, 0.1) is 0 Å². The molecule has 0 aliphatic heterocycles. The normalized spacial score (nSPS) is 13.0. The Balaban J connectivity index is 2.51. The Morgan fingerprint density at radius 2 is 1.94 bits per heavy atom. The third-order valence-corrected chi connectivity index (χ3v) is 4.03. The summed E-state index contributed by atoms with van der Waals surface area (Å²) in [4.78, 5) is 11.6. The van der Waals surface area contributed by atoms with Gasteiger partial charge in [-0.2, -0.15) is 0 Å². The van der Waals surface area contributed by atoms with Gasteiger partial charge in [-0.25, -0.2) is 8.42 Å². The zero-order chi connectivity index (χ0) is 13.6. The highest BCUT2D eigenvalue weighted by Gasteiger charge is 2.15. The van der Waals surface area contributed by atoms with E-state index in [2.05, 4.69) is 5.32 Å². The predicted molar refractivity (Wildman–Crippen MR) is 67.8 cm³/mol. The Kier molecular flexibility index (Phi) is 5.30. The van der Waals surface area contributed by atoms with Gasteiger partial charge in [-0.1, -0.05) is 18.2 Å². The third-order valence-electron chi connectivity index (χ3n) is 2.29. The highest BCUT2D eigenvalue weighted by molar-refractivity contribution is 7.91. The van der Waals surface area contributed by atoms with Gasteiger partial charge in [-0.05, 0) is 19.1 Å². The number of amides is 1. The lowest BCUT2D eigenvalue weighted by Gasteiger charge is -2.07. The van der Waals surface area contributed by atoms with Gasteiger partial charge in [0.25, 0.3) is 0 Å². The van der Waals surface area contributed by atoms with Gasteiger partial charge in [-0.15, -0.1) is 0 Å². The third kappa shape index (κ3) is 4.85. The van der Waals surface area contributed by atoms with Crippen LogP contribution in [-0.4, -0.2) is 37.8 Å². The van der Waals surface area contributed by atoms with E-state index in [1.165, 1.54) is 12.1 Å². The van der Waals surface area contributed by atoms with Crippen molar-refractivity contribution >= 4 is 15.7 Å². The molecule has 1 rings (SSSR count). The molecule has 0 bridgehead atoms. The first-order valence-corrected chi connectivity index (χ1v) is 7.29. The van der Waals surface area contributed by atoms with E-state index in [-0.39, 0.29) is 29.5 Å². The summed E-state index contributed by atoms with van der Waals surface area (Å²) in [5, 5.41) is 11.4. The summed E-state index contributed by atoms with van der Waals surface area (Å²) in [6.45, 7) is 1.67. The molecule has 100 valence electrons. The Labute approximate surface area is 107 Å². The summed E-state index contributed by atoms with van der Waals surface area (Å²) in [5.74, 6) is -0.613. The number of rotatable bonds is 6. The number of carbonyl (C=O) groups excluding carboxylic acids is 1. The number of benzene rings is 1. The molecule has 1 atom stereocenters. The standard InChI is InChI=1S/C12H17NO4S/c1-10(14)9-13-12(15)7-8-18(16,17)11-5-3-2-4-6-11/h2-6,10,14H,7-9H2,1H3,(H,13,15). The van der Waals surface area contributed by atoms with E-state index in [4.69, 9.17) is 5.11 Å². The zero-order valence-corrected chi connectivity index (χ0v) is 11.0. The Morgan fingerprint density at radius 3 is 2.50 bits per heavy atom. The fourth-order valence-corrected chi connectivity index (χ4v) is 2.58. The van der Waals surface area contributed by atoms with Gasteiger partial charge in [0, 0.05) is 13.0 Å². The largest absolute Gasteiger partial charge is 0.392 e.